The van der Waals surface area contributed by atoms with Crippen molar-refractivity contribution in [3.63, 3.8) is 0 Å². The number of para-hydroxylation sites is 8. The molecule has 10 nitrogen and oxygen atoms in total. The number of halogens is 1. The Labute approximate surface area is 861 Å². The summed E-state index contributed by atoms with van der Waals surface area (Å²) in [5.74, 6) is 4.70. The molecule has 0 bridgehead atoms. The van der Waals surface area contributed by atoms with Gasteiger partial charge < -0.3 is 32.5 Å². The Morgan fingerprint density at radius 1 is 0.247 bits per heavy atom. The second kappa shape index (κ2) is 39.6. The van der Waals surface area contributed by atoms with Crippen LogP contribution in [0.5, 0.6) is 23.0 Å². The number of anilines is 4. The number of hydrogen-bond acceptors (Lipinski definition) is 6. The van der Waals surface area contributed by atoms with Crippen molar-refractivity contribution in [2.24, 2.45) is 0 Å². The Kier molecular flexibility index (Phi) is 25.8. The average Bonchev–Trinajstić information content (AvgIpc) is 1.25. The van der Waals surface area contributed by atoms with E-state index >= 15 is 0 Å². The minimum absolute atomic E-state index is 0. The molecule has 0 aliphatic heterocycles. The van der Waals surface area contributed by atoms with Crippen LogP contribution in [0.25, 0.3) is 77.7 Å². The van der Waals surface area contributed by atoms with Crippen LogP contribution in [0.3, 0.4) is 0 Å². The molecule has 23 rings (SSSR count). The van der Waals surface area contributed by atoms with Crippen LogP contribution in [-0.4, -0.2) is 23.7 Å². The van der Waals surface area contributed by atoms with Crippen molar-refractivity contribution in [1.29, 1.82) is 0 Å². The van der Waals surface area contributed by atoms with E-state index in [-0.39, 0.29) is 23.2 Å². The largest absolute Gasteiger partial charge is 1.00 e. The van der Waals surface area contributed by atoms with Gasteiger partial charge in [-0.25, -0.2) is 9.97 Å². The summed E-state index contributed by atoms with van der Waals surface area (Å²) in [6, 6.07) is 174. The second-order valence-corrected chi connectivity index (χ2v) is 40.6. The van der Waals surface area contributed by atoms with Crippen molar-refractivity contribution in [2.45, 2.75) is 102 Å². The van der Waals surface area contributed by atoms with Crippen molar-refractivity contribution < 1.29 is 26.4 Å². The zero-order chi connectivity index (χ0) is 99.0. The molecular weight excluding hydrogens is 1800 g/mol. The highest BCUT2D eigenvalue weighted by atomic mass is 35.5. The van der Waals surface area contributed by atoms with Gasteiger partial charge in [0.25, 0.3) is 6.33 Å². The molecule has 714 valence electrons. The van der Waals surface area contributed by atoms with Crippen LogP contribution in [0.2, 0.25) is 0 Å². The van der Waals surface area contributed by atoms with Gasteiger partial charge in [0.1, 0.15) is 46.0 Å². The molecule has 18 aromatic carbocycles. The minimum Gasteiger partial charge on any atom is -1.00 e. The van der Waals surface area contributed by atoms with Crippen molar-refractivity contribution in [2.75, 3.05) is 10.6 Å². The number of nitrogens with one attached hydrogen (secondary N) is 2. The fraction of sp³-hybridized carbons (Fsp3) is 0.119. The van der Waals surface area contributed by atoms with Gasteiger partial charge in [-0.1, -0.05) is 393 Å². The molecule has 2 N–H and O–H groups in total. The van der Waals surface area contributed by atoms with Gasteiger partial charge >= 0.3 is 0 Å². The van der Waals surface area contributed by atoms with Crippen molar-refractivity contribution >= 4 is 77.4 Å². The van der Waals surface area contributed by atoms with E-state index in [9.17, 15) is 0 Å². The van der Waals surface area contributed by atoms with E-state index in [0.29, 0.717) is 0 Å². The Morgan fingerprint density at radius 2 is 0.562 bits per heavy atom. The quantitative estimate of drug-likeness (QED) is 0.0463. The second-order valence-electron chi connectivity index (χ2n) is 40.6. The lowest BCUT2D eigenvalue weighted by atomic mass is 9.66. The van der Waals surface area contributed by atoms with E-state index in [0.717, 1.165) is 124 Å². The van der Waals surface area contributed by atoms with E-state index in [1.165, 1.54) is 77.5 Å². The Bertz CT molecular complexity index is 8260. The Hall–Kier alpha value is -17.2. The smallest absolute Gasteiger partial charge is 0.255 e. The predicted octanol–water partition coefficient (Wildman–Crippen LogP) is 30.7. The Balaban J connectivity index is 0.000000170. The molecule has 23 aromatic rings. The molecule has 0 aliphatic carbocycles. The SMILES string of the molecule is CC(C)(C)c1ccnc(-n2c3ccccc3c3ccc(Oc4cccc(-n5c[n+](-c6c(C(C)(c7ccccc7)c7ccccc7)cccc6C(C)(c6ccccc6)c6ccccc6)c6ccccc65)c4)cc32)c1.CC(C)(C)c1ccnc(-n2c3ccccc3c3ccc(Oc4cccc(Nc5ccccc5Nc5c(C(C)(c6ccccc6)c6ccccc6)cccc5C(C)(c5ccccc5)c5ccccc5)c4)cc32)c1.[Cl-]. The molecule has 0 saturated carbocycles. The van der Waals surface area contributed by atoms with Gasteiger partial charge in [0.15, 0.2) is 11.0 Å². The summed E-state index contributed by atoms with van der Waals surface area (Å²) in [6.07, 6.45) is 6.12. The summed E-state index contributed by atoms with van der Waals surface area (Å²) in [5, 5.41) is 12.6. The minimum atomic E-state index is -0.565. The standard InChI is InChI=1S/C68H57N4O.C67H58N4O.ClH/c1-66(2,3)52-42-43-69-64(44-52)72-60-37-19-18-34-56(60)57-41-40-55(46-63(57)72)73-54-33-22-32-53(45-54)70-47-71(62-39-21-20-38-61(62)70)65-58(67(4,48-24-10-6-11-25-48)49-26-12-7-13-27-49)35-23-36-59(65)68(5,50-28-14-8-15-29-50)51-30-16-9-17-31-51;1-65(2,3)51-42-43-68-63(44-51)71-61-39-21-18-34-55(61)56-41-40-54(46-62(56)71)72-53-33-22-32-52(45-53)69-59-37-19-20-38-60(59)70-64-57(66(4,47-24-10-6-11-25-47)48-26-12-7-13-27-48)35-23-36-58(64)67(5,49-28-14-8-15-29-49)50-30-16-9-17-31-50;/h6-47H,1-5H3;6-46,69-70H,1-5H3;1H/q+1;;/p-1. The first kappa shape index (κ1) is 95.0. The van der Waals surface area contributed by atoms with Gasteiger partial charge in [0.2, 0.25) is 0 Å². The number of rotatable bonds is 24. The van der Waals surface area contributed by atoms with Crippen molar-refractivity contribution in [3.8, 4) is 46.0 Å². The van der Waals surface area contributed by atoms with Gasteiger partial charge in [-0.2, -0.15) is 9.13 Å². The maximum atomic E-state index is 6.89. The fourth-order valence-electron chi connectivity index (χ4n) is 21.8. The zero-order valence-corrected chi connectivity index (χ0v) is 84.6. The molecule has 5 aromatic heterocycles. The molecular formula is C135H115ClN8O2. The lowest BCUT2D eigenvalue weighted by molar-refractivity contribution is -0.569. The lowest BCUT2D eigenvalue weighted by Gasteiger charge is -2.39. The number of imidazole rings is 1. The fourth-order valence-corrected chi connectivity index (χ4v) is 21.8. The van der Waals surface area contributed by atoms with Gasteiger partial charge in [-0.05, 0) is 214 Å². The summed E-state index contributed by atoms with van der Waals surface area (Å²) in [5.41, 5.74) is 26.9. The molecule has 11 heteroatoms. The van der Waals surface area contributed by atoms with Crippen molar-refractivity contribution in [1.82, 2.24) is 23.7 Å². The number of pyridine rings is 2. The average molecular weight is 1920 g/mol. The van der Waals surface area contributed by atoms with Crippen molar-refractivity contribution in [3.05, 3.63) is 582 Å². The first-order chi connectivity index (χ1) is 70.7. The highest BCUT2D eigenvalue weighted by molar-refractivity contribution is 6.11. The van der Waals surface area contributed by atoms with Crippen LogP contribution in [0, 0.1) is 0 Å². The summed E-state index contributed by atoms with van der Waals surface area (Å²) in [6.45, 7) is 22.9. The molecule has 0 amide bonds. The summed E-state index contributed by atoms with van der Waals surface area (Å²) >= 11 is 0. The van der Waals surface area contributed by atoms with Gasteiger partial charge in [-0.3, -0.25) is 9.13 Å². The number of benzene rings is 18. The molecule has 0 atom stereocenters. The van der Waals surface area contributed by atoms with E-state index < -0.39 is 21.7 Å². The molecule has 0 unspecified atom stereocenters. The topological polar surface area (TPSA) is 87.0 Å². The normalized spacial score (nSPS) is 12.0. The molecule has 0 aliphatic rings. The predicted molar refractivity (Wildman–Crippen MR) is 599 cm³/mol. The van der Waals surface area contributed by atoms with Crippen LogP contribution in [0.15, 0.2) is 504 Å². The molecule has 146 heavy (non-hydrogen) atoms. The monoisotopic (exact) mass is 1910 g/mol. The van der Waals surface area contributed by atoms with Crippen LogP contribution >= 0.6 is 0 Å². The highest BCUT2D eigenvalue weighted by Gasteiger charge is 2.44. The Morgan fingerprint density at radius 3 is 0.959 bits per heavy atom. The third-order valence-corrected chi connectivity index (χ3v) is 29.8. The molecule has 0 spiro atoms. The molecule has 0 fully saturated rings. The van der Waals surface area contributed by atoms with Gasteiger partial charge in [-0.15, -0.1) is 0 Å². The van der Waals surface area contributed by atoms with Gasteiger partial charge in [0.05, 0.1) is 33.4 Å². The van der Waals surface area contributed by atoms with Crippen LogP contribution in [-0.2, 0) is 32.5 Å². The summed E-state index contributed by atoms with van der Waals surface area (Å²) in [7, 11) is 0. The van der Waals surface area contributed by atoms with Crippen LogP contribution in [0.4, 0.5) is 22.7 Å². The van der Waals surface area contributed by atoms with E-state index in [2.05, 4.69) is 572 Å². The first-order valence-corrected chi connectivity index (χ1v) is 50.1. The lowest BCUT2D eigenvalue weighted by Crippen LogP contribution is -3.00. The van der Waals surface area contributed by atoms with E-state index in [4.69, 9.17) is 19.4 Å². The third-order valence-electron chi connectivity index (χ3n) is 29.8. The molecule has 5 heterocycles. The molecule has 0 saturated heterocycles. The summed E-state index contributed by atoms with van der Waals surface area (Å²) < 4.78 is 22.9. The third kappa shape index (κ3) is 17.7. The van der Waals surface area contributed by atoms with Gasteiger partial charge in [0, 0.05) is 102 Å². The maximum absolute atomic E-state index is 6.89. The van der Waals surface area contributed by atoms with Crippen LogP contribution in [0.1, 0.15) is 147 Å². The zero-order valence-electron chi connectivity index (χ0n) is 83.8. The van der Waals surface area contributed by atoms with E-state index in [1.54, 1.807) is 0 Å². The first-order valence-electron chi connectivity index (χ1n) is 50.1. The number of fused-ring (bicyclic) bond motifs is 7. The highest BCUT2D eigenvalue weighted by Crippen LogP contribution is 2.53. The van der Waals surface area contributed by atoms with Crippen LogP contribution < -0.4 is 37.1 Å². The summed E-state index contributed by atoms with van der Waals surface area (Å²) in [4.78, 5) is 9.81. The number of nitrogens with zero attached hydrogens (tertiary/aromatic N) is 6. The number of aromatic nitrogens is 6. The van der Waals surface area contributed by atoms with E-state index in [1.807, 2.05) is 30.6 Å². The molecule has 0 radical (unpaired) electrons. The number of ether oxygens (including phenoxy) is 2. The maximum Gasteiger partial charge on any atom is 0.255 e. The number of hydrogen-bond donors (Lipinski definition) is 2.